The Kier molecular flexibility index (Phi) is 5.80. The molecule has 1 aromatic rings. The summed E-state index contributed by atoms with van der Waals surface area (Å²) in [6.07, 6.45) is 7.56. The Bertz CT molecular complexity index is 695. The summed E-state index contributed by atoms with van der Waals surface area (Å²) in [5, 5.41) is 3.10. The van der Waals surface area contributed by atoms with E-state index in [1.807, 2.05) is 0 Å². The van der Waals surface area contributed by atoms with Crippen LogP contribution in [0.2, 0.25) is 0 Å². The molecule has 1 aliphatic carbocycles. The van der Waals surface area contributed by atoms with Gasteiger partial charge in [-0.05, 0) is 37.1 Å². The van der Waals surface area contributed by atoms with Gasteiger partial charge < -0.3 is 10.1 Å². The van der Waals surface area contributed by atoms with Crippen LogP contribution in [0.1, 0.15) is 38.5 Å². The summed E-state index contributed by atoms with van der Waals surface area (Å²) in [6.45, 7) is 1.15. The Balaban J connectivity index is 1.61. The van der Waals surface area contributed by atoms with Crippen LogP contribution < -0.4 is 14.8 Å². The maximum atomic E-state index is 12.4. The molecule has 0 aromatic heterocycles. The predicted molar refractivity (Wildman–Crippen MR) is 96.9 cm³/mol. The molecule has 0 atom stereocenters. The second kappa shape index (κ2) is 8.05. The number of benzene rings is 1. The minimum Gasteiger partial charge on any atom is -0.497 e. The first-order valence-corrected chi connectivity index (χ1v) is 10.3. The van der Waals surface area contributed by atoms with Crippen molar-refractivity contribution in [1.29, 1.82) is 0 Å². The van der Waals surface area contributed by atoms with E-state index in [-0.39, 0.29) is 4.90 Å². The molecule has 0 saturated heterocycles. The summed E-state index contributed by atoms with van der Waals surface area (Å²) in [5.74, 6) is 0.923. The molecule has 3 rings (SSSR count). The third-order valence-electron chi connectivity index (χ3n) is 4.80. The van der Waals surface area contributed by atoms with Crippen LogP contribution >= 0.6 is 0 Å². The molecule has 2 N–H and O–H groups in total. The van der Waals surface area contributed by atoms with E-state index in [2.05, 4.69) is 19.9 Å². The molecule has 0 bridgehead atoms. The number of ether oxygens (including phenoxy) is 1. The Hall–Kier alpha value is -1.80. The van der Waals surface area contributed by atoms with Crippen LogP contribution in [0.3, 0.4) is 0 Å². The highest BCUT2D eigenvalue weighted by molar-refractivity contribution is 7.90. The van der Waals surface area contributed by atoms with Crippen LogP contribution in [-0.4, -0.2) is 45.8 Å². The first-order valence-electron chi connectivity index (χ1n) is 8.78. The van der Waals surface area contributed by atoms with E-state index in [1.165, 1.54) is 50.7 Å². The van der Waals surface area contributed by atoms with Crippen LogP contribution in [0, 0.1) is 0 Å². The Morgan fingerprint density at radius 3 is 2.40 bits per heavy atom. The Labute approximate surface area is 149 Å². The van der Waals surface area contributed by atoms with Crippen molar-refractivity contribution in [3.8, 4) is 5.75 Å². The van der Waals surface area contributed by atoms with Gasteiger partial charge in [-0.25, -0.2) is 18.1 Å². The highest BCUT2D eigenvalue weighted by atomic mass is 32.2. The van der Waals surface area contributed by atoms with E-state index < -0.39 is 10.0 Å². The molecule has 1 saturated carbocycles. The molecular formula is C17H26N4O3S. The van der Waals surface area contributed by atoms with Gasteiger partial charge in [-0.15, -0.1) is 0 Å². The fourth-order valence-electron chi connectivity index (χ4n) is 3.32. The van der Waals surface area contributed by atoms with Crippen molar-refractivity contribution in [2.24, 2.45) is 4.99 Å². The van der Waals surface area contributed by atoms with Crippen molar-refractivity contribution < 1.29 is 13.2 Å². The van der Waals surface area contributed by atoms with Gasteiger partial charge in [0.15, 0.2) is 0 Å². The number of rotatable bonds is 4. The number of sulfonamides is 1. The quantitative estimate of drug-likeness (QED) is 0.795. The molecule has 7 nitrogen and oxygen atoms in total. The van der Waals surface area contributed by atoms with Gasteiger partial charge in [0, 0.05) is 6.04 Å². The second-order valence-corrected chi connectivity index (χ2v) is 8.18. The number of guanidine groups is 1. The molecule has 2 aliphatic rings. The van der Waals surface area contributed by atoms with Gasteiger partial charge in [0.2, 0.25) is 5.96 Å². The number of aliphatic imine (C=N–C) groups is 1. The van der Waals surface area contributed by atoms with E-state index in [9.17, 15) is 8.42 Å². The maximum absolute atomic E-state index is 12.4. The summed E-state index contributed by atoms with van der Waals surface area (Å²) in [7, 11) is -2.11. The molecule has 1 fully saturated rings. The first kappa shape index (κ1) is 18.0. The standard InChI is InChI=1S/C17H26N4O3S/c1-24-15-8-10-16(11-9-15)25(22,23)20-17-18-12-21(13-19-17)14-6-4-2-3-5-7-14/h8-11,14H,2-7,12-13H2,1H3,(H2,18,19,20). The molecule has 0 unspecified atom stereocenters. The van der Waals surface area contributed by atoms with Gasteiger partial charge in [-0.2, -0.15) is 0 Å². The largest absolute Gasteiger partial charge is 0.497 e. The Morgan fingerprint density at radius 2 is 1.84 bits per heavy atom. The third-order valence-corrected chi connectivity index (χ3v) is 6.16. The van der Waals surface area contributed by atoms with Crippen LogP contribution in [0.4, 0.5) is 0 Å². The van der Waals surface area contributed by atoms with E-state index in [0.29, 0.717) is 31.1 Å². The van der Waals surface area contributed by atoms with Gasteiger partial charge in [0.1, 0.15) is 5.75 Å². The minimum atomic E-state index is -3.65. The molecule has 0 amide bonds. The molecule has 1 heterocycles. The summed E-state index contributed by atoms with van der Waals surface area (Å²) in [4.78, 5) is 6.85. The molecule has 0 radical (unpaired) electrons. The number of nitrogens with zero attached hydrogens (tertiary/aromatic N) is 2. The number of hydrogen-bond donors (Lipinski definition) is 2. The average molecular weight is 366 g/mol. The van der Waals surface area contributed by atoms with Gasteiger partial charge in [0.25, 0.3) is 10.0 Å². The lowest BCUT2D eigenvalue weighted by Gasteiger charge is -2.33. The zero-order valence-electron chi connectivity index (χ0n) is 14.6. The highest BCUT2D eigenvalue weighted by Gasteiger charge is 2.24. The van der Waals surface area contributed by atoms with Gasteiger partial charge >= 0.3 is 0 Å². The van der Waals surface area contributed by atoms with Crippen LogP contribution in [0.25, 0.3) is 0 Å². The van der Waals surface area contributed by atoms with E-state index in [0.717, 1.165) is 0 Å². The number of methoxy groups -OCH3 is 1. The first-order chi connectivity index (χ1) is 12.1. The zero-order valence-corrected chi connectivity index (χ0v) is 15.4. The van der Waals surface area contributed by atoms with Crippen molar-refractivity contribution in [2.75, 3.05) is 20.4 Å². The fourth-order valence-corrected chi connectivity index (χ4v) is 4.32. The minimum absolute atomic E-state index is 0.184. The number of hydrogen-bond acceptors (Lipinski definition) is 6. The van der Waals surface area contributed by atoms with Crippen LogP contribution in [0.15, 0.2) is 34.2 Å². The van der Waals surface area contributed by atoms with Gasteiger partial charge in [0.05, 0.1) is 25.3 Å². The van der Waals surface area contributed by atoms with E-state index in [1.54, 1.807) is 19.2 Å². The van der Waals surface area contributed by atoms with Crippen molar-refractivity contribution >= 4 is 16.0 Å². The lowest BCUT2D eigenvalue weighted by atomic mass is 10.1. The smallest absolute Gasteiger partial charge is 0.264 e. The molecular weight excluding hydrogens is 340 g/mol. The van der Waals surface area contributed by atoms with E-state index in [4.69, 9.17) is 4.74 Å². The van der Waals surface area contributed by atoms with Crippen LogP contribution in [-0.2, 0) is 10.0 Å². The van der Waals surface area contributed by atoms with E-state index >= 15 is 0 Å². The summed E-state index contributed by atoms with van der Waals surface area (Å²) < 4.78 is 32.5. The monoisotopic (exact) mass is 366 g/mol. The molecule has 138 valence electrons. The summed E-state index contributed by atoms with van der Waals surface area (Å²) >= 11 is 0. The molecule has 1 aromatic carbocycles. The van der Waals surface area contributed by atoms with Gasteiger partial charge in [-0.1, -0.05) is 25.7 Å². The molecule has 8 heteroatoms. The molecule has 25 heavy (non-hydrogen) atoms. The molecule has 0 spiro atoms. The van der Waals surface area contributed by atoms with Crippen molar-refractivity contribution in [2.45, 2.75) is 49.5 Å². The van der Waals surface area contributed by atoms with Crippen molar-refractivity contribution in [3.05, 3.63) is 24.3 Å². The summed E-state index contributed by atoms with van der Waals surface area (Å²) in [5.41, 5.74) is 0. The lowest BCUT2D eigenvalue weighted by molar-refractivity contribution is 0.171. The second-order valence-electron chi connectivity index (χ2n) is 6.50. The Morgan fingerprint density at radius 1 is 1.16 bits per heavy atom. The van der Waals surface area contributed by atoms with Crippen molar-refractivity contribution in [3.63, 3.8) is 0 Å². The van der Waals surface area contributed by atoms with Gasteiger partial charge in [-0.3, -0.25) is 4.90 Å². The van der Waals surface area contributed by atoms with Crippen molar-refractivity contribution in [1.82, 2.24) is 14.9 Å². The SMILES string of the molecule is COc1ccc(S(=O)(=O)NC2=NCN(C3CCCCCC3)CN2)cc1. The lowest BCUT2D eigenvalue weighted by Crippen LogP contribution is -2.52. The van der Waals surface area contributed by atoms with Crippen LogP contribution in [0.5, 0.6) is 5.75 Å². The molecule has 1 aliphatic heterocycles. The number of nitrogens with one attached hydrogen (secondary N) is 2. The normalized spacial score (nSPS) is 20.3. The maximum Gasteiger partial charge on any atom is 0.264 e. The third kappa shape index (κ3) is 4.64. The summed E-state index contributed by atoms with van der Waals surface area (Å²) in [6, 6.07) is 6.82. The zero-order chi connectivity index (χ0) is 17.7. The fraction of sp³-hybridized carbons (Fsp3) is 0.588. The predicted octanol–water partition coefficient (Wildman–Crippen LogP) is 1.87. The average Bonchev–Trinajstić information content (AvgIpc) is 2.91. The highest BCUT2D eigenvalue weighted by Crippen LogP contribution is 2.22. The topological polar surface area (TPSA) is 83.0 Å².